The van der Waals surface area contributed by atoms with Gasteiger partial charge in [0.1, 0.15) is 6.54 Å². The molecular formula is C22H35N3O5Si. The van der Waals surface area contributed by atoms with Crippen LogP contribution in [0.2, 0.25) is 18.1 Å². The normalized spacial score (nSPS) is 22.7. The van der Waals surface area contributed by atoms with E-state index in [4.69, 9.17) is 9.16 Å². The second kappa shape index (κ2) is 9.18. The fourth-order valence-electron chi connectivity index (χ4n) is 3.61. The average molecular weight is 450 g/mol. The van der Waals surface area contributed by atoms with Crippen molar-refractivity contribution >= 4 is 26.0 Å². The standard InChI is InChI=1S/C22H35N3O5Si/c1-22(2,3)31(5,6)30-19-13-29-18-10-17(19)25-16-8-7-14(9-15(16)18)11-23-21(27)24-12-20(26)28-4/h7-9,17-19,25H,10-13H2,1-6H3,(H2,23,24,27)/t17-,18-,19-/m1/s1. The van der Waals surface area contributed by atoms with Gasteiger partial charge in [0.25, 0.3) is 0 Å². The van der Waals surface area contributed by atoms with Crippen LogP contribution in [0.4, 0.5) is 10.5 Å². The minimum Gasteiger partial charge on any atom is -0.468 e. The van der Waals surface area contributed by atoms with Crippen molar-refractivity contribution in [2.45, 2.75) is 70.1 Å². The van der Waals surface area contributed by atoms with Gasteiger partial charge in [0, 0.05) is 24.2 Å². The molecule has 1 aromatic carbocycles. The summed E-state index contributed by atoms with van der Waals surface area (Å²) in [6, 6.07) is 5.90. The van der Waals surface area contributed by atoms with Crippen molar-refractivity contribution in [2.24, 2.45) is 0 Å². The molecule has 8 nitrogen and oxygen atoms in total. The van der Waals surface area contributed by atoms with Gasteiger partial charge in [-0.3, -0.25) is 4.79 Å². The molecule has 0 aromatic heterocycles. The van der Waals surface area contributed by atoms with Crippen LogP contribution >= 0.6 is 0 Å². The Bertz CT molecular complexity index is 824. The van der Waals surface area contributed by atoms with Crippen LogP contribution in [0.1, 0.15) is 44.4 Å². The summed E-state index contributed by atoms with van der Waals surface area (Å²) in [6.07, 6.45) is 0.932. The number of ether oxygens (including phenoxy) is 2. The number of benzene rings is 1. The van der Waals surface area contributed by atoms with E-state index in [0.717, 1.165) is 23.2 Å². The van der Waals surface area contributed by atoms with E-state index in [2.05, 4.69) is 60.6 Å². The monoisotopic (exact) mass is 449 g/mol. The SMILES string of the molecule is COC(=O)CNC(=O)NCc1ccc2c(c1)[C@H]1C[C@@H](N2)[C@H](O[Si](C)(C)C(C)(C)C)CO1. The average Bonchev–Trinajstić information content (AvgIpc) is 2.71. The largest absolute Gasteiger partial charge is 0.468 e. The molecule has 0 aliphatic carbocycles. The Morgan fingerprint density at radius 2 is 2.00 bits per heavy atom. The summed E-state index contributed by atoms with van der Waals surface area (Å²) in [6.45, 7) is 12.1. The summed E-state index contributed by atoms with van der Waals surface area (Å²) in [5, 5.41) is 9.02. The maximum absolute atomic E-state index is 11.8. The van der Waals surface area contributed by atoms with Crippen LogP contribution in [-0.4, -0.2) is 52.7 Å². The van der Waals surface area contributed by atoms with Crippen molar-refractivity contribution in [3.63, 3.8) is 0 Å². The van der Waals surface area contributed by atoms with Crippen molar-refractivity contribution in [3.05, 3.63) is 29.3 Å². The lowest BCUT2D eigenvalue weighted by atomic mass is 9.89. The predicted molar refractivity (Wildman–Crippen MR) is 121 cm³/mol. The van der Waals surface area contributed by atoms with Crippen molar-refractivity contribution in [3.8, 4) is 0 Å². The third kappa shape index (κ3) is 5.58. The van der Waals surface area contributed by atoms with Crippen molar-refractivity contribution in [2.75, 3.05) is 25.6 Å². The molecule has 2 heterocycles. The third-order valence-electron chi connectivity index (χ3n) is 6.51. The number of carbonyl (C=O) groups is 2. The number of urea groups is 1. The summed E-state index contributed by atoms with van der Waals surface area (Å²) in [4.78, 5) is 22.9. The van der Waals surface area contributed by atoms with Crippen LogP contribution in [0.15, 0.2) is 18.2 Å². The zero-order valence-corrected chi connectivity index (χ0v) is 20.3. The first-order valence-electron chi connectivity index (χ1n) is 10.8. The van der Waals surface area contributed by atoms with Gasteiger partial charge < -0.3 is 29.9 Å². The number of anilines is 1. The molecule has 1 saturated heterocycles. The van der Waals surface area contributed by atoms with Gasteiger partial charge in [0.05, 0.1) is 32.0 Å². The molecule has 3 rings (SSSR count). The number of esters is 1. The van der Waals surface area contributed by atoms with E-state index in [-0.39, 0.29) is 29.8 Å². The number of fused-ring (bicyclic) bond motifs is 4. The zero-order valence-electron chi connectivity index (χ0n) is 19.3. The summed E-state index contributed by atoms with van der Waals surface area (Å²) < 4.78 is 17.4. The lowest BCUT2D eigenvalue weighted by Gasteiger charge is -2.47. The first kappa shape index (κ1) is 23.6. The Balaban J connectivity index is 1.61. The lowest BCUT2D eigenvalue weighted by molar-refractivity contribution is -0.139. The molecular weight excluding hydrogens is 414 g/mol. The Morgan fingerprint density at radius 3 is 2.68 bits per heavy atom. The molecule has 1 fully saturated rings. The number of amides is 2. The number of hydrogen-bond acceptors (Lipinski definition) is 6. The van der Waals surface area contributed by atoms with Gasteiger partial charge >= 0.3 is 12.0 Å². The molecule has 9 heteroatoms. The van der Waals surface area contributed by atoms with E-state index >= 15 is 0 Å². The molecule has 2 amide bonds. The van der Waals surface area contributed by atoms with Crippen LogP contribution < -0.4 is 16.0 Å². The highest BCUT2D eigenvalue weighted by atomic mass is 28.4. The fraction of sp³-hybridized carbons (Fsp3) is 0.636. The molecule has 0 saturated carbocycles. The molecule has 0 unspecified atom stereocenters. The van der Waals surface area contributed by atoms with Crippen molar-refractivity contribution < 1.29 is 23.5 Å². The van der Waals surface area contributed by atoms with Crippen LogP contribution in [-0.2, 0) is 25.2 Å². The quantitative estimate of drug-likeness (QED) is 0.455. The highest BCUT2D eigenvalue weighted by molar-refractivity contribution is 6.74. The number of methoxy groups -OCH3 is 1. The molecule has 3 atom stereocenters. The van der Waals surface area contributed by atoms with E-state index in [1.807, 2.05) is 12.1 Å². The van der Waals surface area contributed by atoms with Crippen molar-refractivity contribution in [1.29, 1.82) is 0 Å². The molecule has 0 spiro atoms. The maximum atomic E-state index is 11.8. The van der Waals surface area contributed by atoms with Gasteiger partial charge in [0.2, 0.25) is 0 Å². The number of rotatable bonds is 6. The number of nitrogens with one attached hydrogen (secondary N) is 3. The van der Waals surface area contributed by atoms with E-state index in [9.17, 15) is 9.59 Å². The topological polar surface area (TPSA) is 97.9 Å². The smallest absolute Gasteiger partial charge is 0.325 e. The Hall–Kier alpha value is -2.10. The molecule has 0 radical (unpaired) electrons. The fourth-order valence-corrected chi connectivity index (χ4v) is 4.95. The van der Waals surface area contributed by atoms with E-state index in [1.165, 1.54) is 7.11 Å². The first-order valence-corrected chi connectivity index (χ1v) is 13.7. The van der Waals surface area contributed by atoms with Crippen LogP contribution in [0, 0.1) is 0 Å². The Labute approximate surface area is 185 Å². The van der Waals surface area contributed by atoms with E-state index in [0.29, 0.717) is 13.2 Å². The minimum atomic E-state index is -1.88. The molecule has 2 aliphatic heterocycles. The van der Waals surface area contributed by atoms with Crippen molar-refractivity contribution in [1.82, 2.24) is 10.6 Å². The molecule has 2 aliphatic rings. The first-order chi connectivity index (χ1) is 14.5. The molecule has 31 heavy (non-hydrogen) atoms. The van der Waals surface area contributed by atoms with Gasteiger partial charge in [-0.05, 0) is 35.8 Å². The van der Waals surface area contributed by atoms with Gasteiger partial charge in [-0.15, -0.1) is 0 Å². The summed E-state index contributed by atoms with van der Waals surface area (Å²) in [7, 11) is -0.602. The Kier molecular flexibility index (Phi) is 6.97. The Morgan fingerprint density at radius 1 is 1.26 bits per heavy atom. The second-order valence-electron chi connectivity index (χ2n) is 9.76. The zero-order chi connectivity index (χ0) is 22.8. The van der Waals surface area contributed by atoms with E-state index in [1.54, 1.807) is 0 Å². The highest BCUT2D eigenvalue weighted by Crippen LogP contribution is 2.43. The number of carbonyl (C=O) groups excluding carboxylic acids is 2. The highest BCUT2D eigenvalue weighted by Gasteiger charge is 2.44. The number of hydrogen-bond donors (Lipinski definition) is 3. The summed E-state index contributed by atoms with van der Waals surface area (Å²) in [5.74, 6) is -0.491. The molecule has 2 bridgehead atoms. The third-order valence-corrected chi connectivity index (χ3v) is 11.0. The summed E-state index contributed by atoms with van der Waals surface area (Å²) in [5.41, 5.74) is 3.13. The van der Waals surface area contributed by atoms with Gasteiger partial charge in [-0.25, -0.2) is 4.79 Å². The lowest BCUT2D eigenvalue weighted by Crippen LogP contribution is -2.54. The van der Waals surface area contributed by atoms with Gasteiger partial charge in [0.15, 0.2) is 8.32 Å². The van der Waals surface area contributed by atoms with Crippen LogP contribution in [0.5, 0.6) is 0 Å². The van der Waals surface area contributed by atoms with Crippen LogP contribution in [0.3, 0.4) is 0 Å². The molecule has 3 N–H and O–H groups in total. The maximum Gasteiger partial charge on any atom is 0.325 e. The van der Waals surface area contributed by atoms with Gasteiger partial charge in [-0.1, -0.05) is 26.8 Å². The summed E-state index contributed by atoms with van der Waals surface area (Å²) >= 11 is 0. The molecule has 172 valence electrons. The predicted octanol–water partition coefficient (Wildman–Crippen LogP) is 3.30. The van der Waals surface area contributed by atoms with E-state index < -0.39 is 20.3 Å². The molecule has 1 aromatic rings. The minimum absolute atomic E-state index is 0.0219. The second-order valence-corrected chi connectivity index (χ2v) is 14.5. The van der Waals surface area contributed by atoms with Gasteiger partial charge in [-0.2, -0.15) is 0 Å². The van der Waals surface area contributed by atoms with Crippen LogP contribution in [0.25, 0.3) is 0 Å².